The van der Waals surface area contributed by atoms with Crippen molar-refractivity contribution in [1.82, 2.24) is 0 Å². The zero-order valence-electron chi connectivity index (χ0n) is 7.22. The molecule has 0 fully saturated rings. The number of ether oxygens (including phenoxy) is 1. The summed E-state index contributed by atoms with van der Waals surface area (Å²) in [7, 11) is 0. The first-order valence-electron chi connectivity index (χ1n) is 3.69. The third-order valence-electron chi connectivity index (χ3n) is 1.60. The van der Waals surface area contributed by atoms with E-state index < -0.39 is 12.4 Å². The predicted molar refractivity (Wildman–Crippen MR) is 42.5 cm³/mol. The van der Waals surface area contributed by atoms with Crippen molar-refractivity contribution < 1.29 is 17.9 Å². The van der Waals surface area contributed by atoms with E-state index in [1.807, 2.05) is 0 Å². The Hall–Kier alpha value is -1.70. The summed E-state index contributed by atoms with van der Waals surface area (Å²) in [4.78, 5) is 0. The van der Waals surface area contributed by atoms with Crippen LogP contribution in [-0.4, -0.2) is 6.61 Å². The van der Waals surface area contributed by atoms with Gasteiger partial charge in [0.2, 0.25) is 0 Å². The minimum atomic E-state index is -3.00. The van der Waals surface area contributed by atoms with Crippen LogP contribution in [0.15, 0.2) is 12.1 Å². The molecule has 0 radical (unpaired) electrons. The number of rotatable bonds is 2. The van der Waals surface area contributed by atoms with E-state index in [9.17, 15) is 13.2 Å². The van der Waals surface area contributed by atoms with Crippen molar-refractivity contribution in [2.24, 2.45) is 0 Å². The lowest BCUT2D eigenvalue weighted by Crippen LogP contribution is -2.03. The lowest BCUT2D eigenvalue weighted by molar-refractivity contribution is -0.0500. The maximum Gasteiger partial charge on any atom is 0.387 e. The van der Waals surface area contributed by atoms with Crippen LogP contribution in [-0.2, 0) is 0 Å². The van der Waals surface area contributed by atoms with Crippen LogP contribution in [0.5, 0.6) is 5.75 Å². The van der Waals surface area contributed by atoms with Gasteiger partial charge in [0.15, 0.2) is 0 Å². The van der Waals surface area contributed by atoms with Crippen molar-refractivity contribution in [3.63, 3.8) is 0 Å². The first kappa shape index (κ1) is 10.4. The molecule has 74 valence electrons. The van der Waals surface area contributed by atoms with Crippen LogP contribution >= 0.6 is 0 Å². The highest BCUT2D eigenvalue weighted by molar-refractivity contribution is 5.43. The second-order valence-electron chi connectivity index (χ2n) is 2.59. The molecule has 0 unspecified atom stereocenters. The molecule has 0 amide bonds. The average molecular weight is 201 g/mol. The molecule has 0 aromatic heterocycles. The summed E-state index contributed by atoms with van der Waals surface area (Å²) in [6.45, 7) is -1.55. The number of aryl methyl sites for hydroxylation is 1. The fourth-order valence-corrected chi connectivity index (χ4v) is 1.03. The van der Waals surface area contributed by atoms with Crippen molar-refractivity contribution in [2.45, 2.75) is 13.5 Å². The third-order valence-corrected chi connectivity index (χ3v) is 1.60. The van der Waals surface area contributed by atoms with Crippen LogP contribution in [0, 0.1) is 24.1 Å². The Labute approximate surface area is 78.5 Å². The Kier molecular flexibility index (Phi) is 2.97. The molecule has 0 saturated heterocycles. The van der Waals surface area contributed by atoms with Gasteiger partial charge in [0.25, 0.3) is 0 Å². The third kappa shape index (κ3) is 2.16. The summed E-state index contributed by atoms with van der Waals surface area (Å²) < 4.78 is 40.5. The van der Waals surface area contributed by atoms with Crippen LogP contribution in [0.25, 0.3) is 0 Å². The molecule has 1 rings (SSSR count). The van der Waals surface area contributed by atoms with E-state index in [1.165, 1.54) is 13.0 Å². The van der Waals surface area contributed by atoms with Crippen LogP contribution in [0.2, 0.25) is 0 Å². The normalized spacial score (nSPS) is 10.0. The van der Waals surface area contributed by atoms with Crippen LogP contribution < -0.4 is 4.74 Å². The van der Waals surface area contributed by atoms with Crippen LogP contribution in [0.1, 0.15) is 11.1 Å². The first-order chi connectivity index (χ1) is 6.54. The lowest BCUT2D eigenvalue weighted by Gasteiger charge is -2.06. The minimum Gasteiger partial charge on any atom is -0.435 e. The second kappa shape index (κ2) is 4.01. The maximum absolute atomic E-state index is 13.0. The molecule has 0 atom stereocenters. The number of nitrogens with zero attached hydrogens (tertiary/aromatic N) is 1. The summed E-state index contributed by atoms with van der Waals surface area (Å²) in [5.74, 6) is -1.14. The van der Waals surface area contributed by atoms with Gasteiger partial charge in [-0.2, -0.15) is 14.0 Å². The van der Waals surface area contributed by atoms with E-state index in [-0.39, 0.29) is 16.9 Å². The van der Waals surface area contributed by atoms with Crippen LogP contribution in [0.3, 0.4) is 0 Å². The van der Waals surface area contributed by atoms with E-state index in [0.29, 0.717) is 0 Å². The molecular formula is C9H6F3NO. The molecular weight excluding hydrogens is 195 g/mol. The fourth-order valence-electron chi connectivity index (χ4n) is 1.03. The zero-order valence-corrected chi connectivity index (χ0v) is 7.22. The van der Waals surface area contributed by atoms with Gasteiger partial charge in [-0.3, -0.25) is 0 Å². The van der Waals surface area contributed by atoms with Gasteiger partial charge in [-0.25, -0.2) is 4.39 Å². The molecule has 0 spiro atoms. The Morgan fingerprint density at radius 2 is 2.07 bits per heavy atom. The van der Waals surface area contributed by atoms with Gasteiger partial charge in [-0.1, -0.05) is 0 Å². The zero-order chi connectivity index (χ0) is 10.7. The highest BCUT2D eigenvalue weighted by Gasteiger charge is 2.11. The number of benzene rings is 1. The molecule has 0 heterocycles. The molecule has 0 saturated carbocycles. The Balaban J connectivity index is 3.09. The van der Waals surface area contributed by atoms with Crippen molar-refractivity contribution >= 4 is 0 Å². The molecule has 0 N–H and O–H groups in total. The maximum atomic E-state index is 13.0. The van der Waals surface area contributed by atoms with E-state index in [0.717, 1.165) is 6.07 Å². The number of alkyl halides is 2. The molecule has 1 aromatic carbocycles. The summed E-state index contributed by atoms with van der Waals surface area (Å²) in [6, 6.07) is 3.58. The Morgan fingerprint density at radius 1 is 1.43 bits per heavy atom. The molecule has 5 heteroatoms. The highest BCUT2D eigenvalue weighted by Crippen LogP contribution is 2.21. The summed E-state index contributed by atoms with van der Waals surface area (Å²) in [5.41, 5.74) is 0.106. The molecule has 0 bridgehead atoms. The van der Waals surface area contributed by atoms with E-state index in [2.05, 4.69) is 4.74 Å². The number of nitriles is 1. The van der Waals surface area contributed by atoms with Gasteiger partial charge in [0, 0.05) is 6.07 Å². The van der Waals surface area contributed by atoms with Gasteiger partial charge in [-0.05, 0) is 18.6 Å². The largest absolute Gasteiger partial charge is 0.435 e. The quantitative estimate of drug-likeness (QED) is 0.736. The van der Waals surface area contributed by atoms with Crippen molar-refractivity contribution in [3.05, 3.63) is 29.1 Å². The van der Waals surface area contributed by atoms with Gasteiger partial charge in [-0.15, -0.1) is 0 Å². The van der Waals surface area contributed by atoms with Gasteiger partial charge < -0.3 is 4.74 Å². The molecule has 0 aliphatic rings. The molecule has 1 aromatic rings. The monoisotopic (exact) mass is 201 g/mol. The highest BCUT2D eigenvalue weighted by atomic mass is 19.3. The lowest BCUT2D eigenvalue weighted by atomic mass is 10.1. The summed E-state index contributed by atoms with van der Waals surface area (Å²) in [6.07, 6.45) is 0. The number of hydrogen-bond acceptors (Lipinski definition) is 2. The number of hydrogen-bond donors (Lipinski definition) is 0. The smallest absolute Gasteiger partial charge is 0.387 e. The topological polar surface area (TPSA) is 33.0 Å². The van der Waals surface area contributed by atoms with Crippen molar-refractivity contribution in [3.8, 4) is 11.8 Å². The first-order valence-corrected chi connectivity index (χ1v) is 3.69. The Morgan fingerprint density at radius 3 is 2.50 bits per heavy atom. The SMILES string of the molecule is Cc1cc(OC(F)F)cc(F)c1C#N. The van der Waals surface area contributed by atoms with E-state index >= 15 is 0 Å². The predicted octanol–water partition coefficient (Wildman–Crippen LogP) is 2.61. The second-order valence-corrected chi connectivity index (χ2v) is 2.59. The van der Waals surface area contributed by atoms with Crippen molar-refractivity contribution in [2.75, 3.05) is 0 Å². The number of halogens is 3. The molecule has 2 nitrogen and oxygen atoms in total. The average Bonchev–Trinajstić information content (AvgIpc) is 2.01. The molecule has 14 heavy (non-hydrogen) atoms. The van der Waals surface area contributed by atoms with E-state index in [1.54, 1.807) is 6.07 Å². The standard InChI is InChI=1S/C9H6F3NO/c1-5-2-6(14-9(11)12)3-8(10)7(5)4-13/h2-3,9H,1H3. The summed E-state index contributed by atoms with van der Waals surface area (Å²) in [5, 5.41) is 8.49. The van der Waals surface area contributed by atoms with Gasteiger partial charge >= 0.3 is 6.61 Å². The minimum absolute atomic E-state index is 0.161. The molecule has 0 aliphatic heterocycles. The van der Waals surface area contributed by atoms with Gasteiger partial charge in [0.05, 0.1) is 5.56 Å². The summed E-state index contributed by atoms with van der Waals surface area (Å²) >= 11 is 0. The van der Waals surface area contributed by atoms with Crippen LogP contribution in [0.4, 0.5) is 13.2 Å². The van der Waals surface area contributed by atoms with Gasteiger partial charge in [0.1, 0.15) is 17.6 Å². The van der Waals surface area contributed by atoms with Crippen molar-refractivity contribution in [1.29, 1.82) is 5.26 Å². The molecule has 0 aliphatic carbocycles. The fraction of sp³-hybridized carbons (Fsp3) is 0.222. The van der Waals surface area contributed by atoms with E-state index in [4.69, 9.17) is 5.26 Å². The Bertz CT molecular complexity index is 361.